The Balaban J connectivity index is 2.31. The van der Waals surface area contributed by atoms with E-state index in [0.29, 0.717) is 5.02 Å². The molecule has 0 saturated carbocycles. The van der Waals surface area contributed by atoms with Crippen LogP contribution in [0.5, 0.6) is 5.75 Å². The average molecular weight is 346 g/mol. The van der Waals surface area contributed by atoms with Crippen molar-refractivity contribution in [2.24, 2.45) is 0 Å². The van der Waals surface area contributed by atoms with Crippen molar-refractivity contribution in [1.29, 1.82) is 0 Å². The second kappa shape index (κ2) is 5.96. The normalized spacial score (nSPS) is 12.2. The number of halogens is 3. The minimum absolute atomic E-state index is 0.231. The fourth-order valence-electron chi connectivity index (χ4n) is 1.69. The van der Waals surface area contributed by atoms with E-state index in [1.807, 2.05) is 42.5 Å². The first-order chi connectivity index (χ1) is 8.60. The molecule has 0 heterocycles. The predicted octanol–water partition coefficient (Wildman–Crippen LogP) is 5.44. The molecule has 18 heavy (non-hydrogen) atoms. The van der Waals surface area contributed by atoms with Crippen LogP contribution in [0.1, 0.15) is 16.5 Å². The highest BCUT2D eigenvalue weighted by Crippen LogP contribution is 2.33. The zero-order valence-electron chi connectivity index (χ0n) is 9.66. The molecule has 1 unspecified atom stereocenters. The minimum atomic E-state index is -0.231. The third-order valence-corrected chi connectivity index (χ3v) is 3.77. The summed E-state index contributed by atoms with van der Waals surface area (Å²) in [5, 5.41) is 0.435. The Morgan fingerprint density at radius 2 is 1.72 bits per heavy atom. The van der Waals surface area contributed by atoms with E-state index in [4.69, 9.17) is 27.9 Å². The standard InChI is InChI=1S/C14H11BrCl2O/c1-18-13-4-2-9(3-5-13)14(17)10-6-11(15)8-12(16)7-10/h2-8,14H,1H3. The van der Waals surface area contributed by atoms with Gasteiger partial charge in [0.05, 0.1) is 12.5 Å². The molecular weight excluding hydrogens is 335 g/mol. The summed E-state index contributed by atoms with van der Waals surface area (Å²) < 4.78 is 6.04. The Morgan fingerprint density at radius 1 is 1.06 bits per heavy atom. The van der Waals surface area contributed by atoms with Crippen LogP contribution in [-0.2, 0) is 0 Å². The summed E-state index contributed by atoms with van der Waals surface area (Å²) in [4.78, 5) is 0. The van der Waals surface area contributed by atoms with Gasteiger partial charge in [-0.2, -0.15) is 0 Å². The third kappa shape index (κ3) is 3.19. The van der Waals surface area contributed by atoms with Gasteiger partial charge in [-0.1, -0.05) is 39.7 Å². The van der Waals surface area contributed by atoms with E-state index in [-0.39, 0.29) is 5.38 Å². The van der Waals surface area contributed by atoms with Gasteiger partial charge >= 0.3 is 0 Å². The number of ether oxygens (including phenoxy) is 1. The summed E-state index contributed by atoms with van der Waals surface area (Å²) in [6, 6.07) is 13.4. The lowest BCUT2D eigenvalue weighted by molar-refractivity contribution is 0.414. The summed E-state index contributed by atoms with van der Waals surface area (Å²) in [5.41, 5.74) is 1.97. The second-order valence-corrected chi connectivity index (χ2v) is 5.63. The molecule has 0 aliphatic rings. The van der Waals surface area contributed by atoms with E-state index in [1.165, 1.54) is 0 Å². The van der Waals surface area contributed by atoms with E-state index in [0.717, 1.165) is 21.3 Å². The number of hydrogen-bond acceptors (Lipinski definition) is 1. The Labute approximate surface area is 125 Å². The number of benzene rings is 2. The summed E-state index contributed by atoms with van der Waals surface area (Å²) >= 11 is 15.9. The Bertz CT molecular complexity index is 520. The maximum atomic E-state index is 6.45. The lowest BCUT2D eigenvalue weighted by Crippen LogP contribution is -1.94. The van der Waals surface area contributed by atoms with Gasteiger partial charge in [0.15, 0.2) is 0 Å². The van der Waals surface area contributed by atoms with Crippen LogP contribution in [-0.4, -0.2) is 7.11 Å². The monoisotopic (exact) mass is 344 g/mol. The summed E-state index contributed by atoms with van der Waals surface area (Å²) in [6.07, 6.45) is 0. The molecule has 2 rings (SSSR count). The van der Waals surface area contributed by atoms with Crippen LogP contribution >= 0.6 is 39.1 Å². The molecule has 0 fully saturated rings. The van der Waals surface area contributed by atoms with Gasteiger partial charge in [0.25, 0.3) is 0 Å². The molecule has 1 atom stereocenters. The van der Waals surface area contributed by atoms with Crippen LogP contribution in [0.3, 0.4) is 0 Å². The molecule has 0 aliphatic heterocycles. The summed E-state index contributed by atoms with van der Waals surface area (Å²) in [5.74, 6) is 0.815. The van der Waals surface area contributed by atoms with Crippen molar-refractivity contribution in [1.82, 2.24) is 0 Å². The van der Waals surface area contributed by atoms with E-state index in [2.05, 4.69) is 15.9 Å². The molecule has 0 aliphatic carbocycles. The zero-order chi connectivity index (χ0) is 13.1. The van der Waals surface area contributed by atoms with Gasteiger partial charge in [0, 0.05) is 9.50 Å². The highest BCUT2D eigenvalue weighted by molar-refractivity contribution is 9.10. The lowest BCUT2D eigenvalue weighted by atomic mass is 10.0. The first-order valence-electron chi connectivity index (χ1n) is 5.34. The summed E-state index contributed by atoms with van der Waals surface area (Å²) in [6.45, 7) is 0. The van der Waals surface area contributed by atoms with Crippen LogP contribution < -0.4 is 4.74 Å². The molecule has 2 aromatic rings. The maximum Gasteiger partial charge on any atom is 0.118 e. The zero-order valence-corrected chi connectivity index (χ0v) is 12.8. The van der Waals surface area contributed by atoms with Crippen LogP contribution in [0.15, 0.2) is 46.9 Å². The van der Waals surface area contributed by atoms with E-state index in [9.17, 15) is 0 Å². The Morgan fingerprint density at radius 3 is 2.28 bits per heavy atom. The Kier molecular flexibility index (Phi) is 4.55. The van der Waals surface area contributed by atoms with Gasteiger partial charge in [0.1, 0.15) is 5.75 Å². The fourth-order valence-corrected chi connectivity index (χ4v) is 2.84. The highest BCUT2D eigenvalue weighted by Gasteiger charge is 2.12. The van der Waals surface area contributed by atoms with Crippen LogP contribution in [0.2, 0.25) is 5.02 Å². The molecule has 2 aromatic carbocycles. The first kappa shape index (κ1) is 13.7. The van der Waals surface area contributed by atoms with Crippen molar-refractivity contribution in [3.05, 3.63) is 63.1 Å². The molecule has 0 saturated heterocycles. The van der Waals surface area contributed by atoms with Crippen LogP contribution in [0.4, 0.5) is 0 Å². The first-order valence-corrected chi connectivity index (χ1v) is 6.95. The van der Waals surface area contributed by atoms with E-state index >= 15 is 0 Å². The van der Waals surface area contributed by atoms with Gasteiger partial charge in [0.2, 0.25) is 0 Å². The van der Waals surface area contributed by atoms with E-state index in [1.54, 1.807) is 7.11 Å². The minimum Gasteiger partial charge on any atom is -0.497 e. The molecule has 1 nitrogen and oxygen atoms in total. The van der Waals surface area contributed by atoms with Gasteiger partial charge in [-0.25, -0.2) is 0 Å². The van der Waals surface area contributed by atoms with Crippen LogP contribution in [0, 0.1) is 0 Å². The average Bonchev–Trinajstić information content (AvgIpc) is 2.37. The number of hydrogen-bond donors (Lipinski definition) is 0. The number of rotatable bonds is 3. The van der Waals surface area contributed by atoms with Crippen molar-refractivity contribution in [3.63, 3.8) is 0 Å². The molecule has 0 spiro atoms. The van der Waals surface area contributed by atoms with Gasteiger partial charge < -0.3 is 4.74 Å². The molecule has 0 aromatic heterocycles. The largest absolute Gasteiger partial charge is 0.497 e. The quantitative estimate of drug-likeness (QED) is 0.673. The molecule has 0 N–H and O–H groups in total. The van der Waals surface area contributed by atoms with Gasteiger partial charge in [-0.3, -0.25) is 0 Å². The highest BCUT2D eigenvalue weighted by atomic mass is 79.9. The van der Waals surface area contributed by atoms with Crippen molar-refractivity contribution in [2.75, 3.05) is 7.11 Å². The molecule has 94 valence electrons. The van der Waals surface area contributed by atoms with Crippen LogP contribution in [0.25, 0.3) is 0 Å². The molecule has 0 bridgehead atoms. The lowest BCUT2D eigenvalue weighted by Gasteiger charge is -2.12. The Hall–Kier alpha value is -0.700. The van der Waals surface area contributed by atoms with Crippen molar-refractivity contribution in [3.8, 4) is 5.75 Å². The maximum absolute atomic E-state index is 6.45. The van der Waals surface area contributed by atoms with Gasteiger partial charge in [-0.05, 0) is 41.5 Å². The van der Waals surface area contributed by atoms with Crippen molar-refractivity contribution < 1.29 is 4.74 Å². The smallest absolute Gasteiger partial charge is 0.118 e. The summed E-state index contributed by atoms with van der Waals surface area (Å²) in [7, 11) is 1.64. The molecule has 0 amide bonds. The molecular formula is C14H11BrCl2O. The van der Waals surface area contributed by atoms with E-state index < -0.39 is 0 Å². The topological polar surface area (TPSA) is 9.23 Å². The second-order valence-electron chi connectivity index (χ2n) is 3.84. The number of methoxy groups -OCH3 is 1. The SMILES string of the molecule is COc1ccc(C(Cl)c2cc(Cl)cc(Br)c2)cc1. The molecule has 4 heteroatoms. The van der Waals surface area contributed by atoms with Gasteiger partial charge in [-0.15, -0.1) is 11.6 Å². The fraction of sp³-hybridized carbons (Fsp3) is 0.143. The van der Waals surface area contributed by atoms with Crippen molar-refractivity contribution >= 4 is 39.1 Å². The number of alkyl halides is 1. The molecule has 0 radical (unpaired) electrons. The van der Waals surface area contributed by atoms with Crippen molar-refractivity contribution in [2.45, 2.75) is 5.38 Å². The predicted molar refractivity (Wildman–Crippen MR) is 79.8 cm³/mol. The third-order valence-electron chi connectivity index (χ3n) is 2.59.